The van der Waals surface area contributed by atoms with Crippen molar-refractivity contribution in [2.75, 3.05) is 19.5 Å². The first-order valence-electron chi connectivity index (χ1n) is 10.9. The summed E-state index contributed by atoms with van der Waals surface area (Å²) in [6.45, 7) is 1.32. The van der Waals surface area contributed by atoms with E-state index in [9.17, 15) is 22.8 Å². The van der Waals surface area contributed by atoms with E-state index in [4.69, 9.17) is 9.47 Å². The molecule has 1 heterocycles. The Morgan fingerprint density at radius 1 is 0.972 bits per heavy atom. The van der Waals surface area contributed by atoms with E-state index < -0.39 is 15.9 Å². The lowest BCUT2D eigenvalue weighted by atomic mass is 10.1. The Kier molecular flexibility index (Phi) is 8.43. The number of nitrogens with one attached hydrogen (secondary N) is 2. The highest BCUT2D eigenvalue weighted by Gasteiger charge is 2.15. The average Bonchev–Trinajstić information content (AvgIpc) is 2.84. The van der Waals surface area contributed by atoms with Crippen LogP contribution in [0.25, 0.3) is 11.3 Å². The van der Waals surface area contributed by atoms with Crippen LogP contribution >= 0.6 is 0 Å². The molecule has 3 rings (SSSR count). The molecular formula is C24H26N4O7S. The number of hydrogen-bond acceptors (Lipinski definition) is 8. The molecule has 2 N–H and O–H groups in total. The molecular weight excluding hydrogens is 488 g/mol. The van der Waals surface area contributed by atoms with Crippen molar-refractivity contribution < 1.29 is 27.5 Å². The maximum absolute atomic E-state index is 12.3. The molecule has 0 aliphatic rings. The minimum atomic E-state index is -3.95. The molecule has 190 valence electrons. The van der Waals surface area contributed by atoms with Crippen LogP contribution in [-0.2, 0) is 26.2 Å². The van der Waals surface area contributed by atoms with E-state index in [1.54, 1.807) is 31.4 Å². The normalized spacial score (nSPS) is 11.0. The fraction of sp³-hybridized carbons (Fsp3) is 0.250. The molecule has 0 spiro atoms. The zero-order valence-corrected chi connectivity index (χ0v) is 20.8. The van der Waals surface area contributed by atoms with Crippen LogP contribution in [0.3, 0.4) is 0 Å². The Hall–Kier alpha value is -4.19. The minimum Gasteiger partial charge on any atom is -0.493 e. The number of sulfonamides is 1. The Morgan fingerprint density at radius 2 is 1.67 bits per heavy atom. The molecule has 0 bridgehead atoms. The van der Waals surface area contributed by atoms with Gasteiger partial charge in [-0.2, -0.15) is 5.10 Å². The smallest absolute Gasteiger partial charge is 0.266 e. The molecule has 3 aromatic rings. The summed E-state index contributed by atoms with van der Waals surface area (Å²) in [6.07, 6.45) is 0.462. The maximum atomic E-state index is 12.3. The highest BCUT2D eigenvalue weighted by molar-refractivity contribution is 7.90. The summed E-state index contributed by atoms with van der Waals surface area (Å²) < 4.78 is 37.7. The number of ether oxygens (including phenoxy) is 2. The summed E-state index contributed by atoms with van der Waals surface area (Å²) in [6, 6.07) is 13.7. The fourth-order valence-corrected chi connectivity index (χ4v) is 4.33. The second-order valence-electron chi connectivity index (χ2n) is 7.69. The van der Waals surface area contributed by atoms with E-state index in [0.29, 0.717) is 29.3 Å². The van der Waals surface area contributed by atoms with Crippen molar-refractivity contribution in [3.05, 3.63) is 65.0 Å². The van der Waals surface area contributed by atoms with Gasteiger partial charge in [0.2, 0.25) is 11.8 Å². The monoisotopic (exact) mass is 514 g/mol. The van der Waals surface area contributed by atoms with Gasteiger partial charge in [0.15, 0.2) is 11.5 Å². The molecule has 0 unspecified atom stereocenters. The van der Waals surface area contributed by atoms with Gasteiger partial charge in [-0.05, 0) is 55.0 Å². The summed E-state index contributed by atoms with van der Waals surface area (Å²) >= 11 is 0. The van der Waals surface area contributed by atoms with Crippen molar-refractivity contribution in [2.45, 2.75) is 31.2 Å². The van der Waals surface area contributed by atoms with E-state index in [1.807, 2.05) is 4.72 Å². The summed E-state index contributed by atoms with van der Waals surface area (Å²) in [7, 11) is -0.877. The van der Waals surface area contributed by atoms with Crippen LogP contribution in [-0.4, -0.2) is 44.2 Å². The van der Waals surface area contributed by atoms with Crippen LogP contribution in [0.1, 0.15) is 19.8 Å². The topological polar surface area (TPSA) is 146 Å². The Morgan fingerprint density at radius 3 is 2.31 bits per heavy atom. The van der Waals surface area contributed by atoms with Crippen LogP contribution in [0, 0.1) is 0 Å². The van der Waals surface area contributed by atoms with Crippen molar-refractivity contribution in [3.63, 3.8) is 0 Å². The molecule has 0 aliphatic heterocycles. The molecule has 0 aliphatic carbocycles. The minimum absolute atomic E-state index is 0.101. The highest BCUT2D eigenvalue weighted by Crippen LogP contribution is 2.31. The van der Waals surface area contributed by atoms with Crippen LogP contribution in [0.4, 0.5) is 5.69 Å². The number of hydrogen-bond donors (Lipinski definition) is 2. The standard InChI is InChI=1S/C24H26N4O7S/c1-16(29)27-36(32,33)19-9-7-18(8-10-19)25-23(30)5-4-14-28-24(31)13-11-20(26-28)17-6-12-21(34-2)22(15-17)35-3/h6-13,15H,4-5,14H2,1-3H3,(H,25,30)(H,27,29). The highest BCUT2D eigenvalue weighted by atomic mass is 32.2. The molecule has 36 heavy (non-hydrogen) atoms. The molecule has 0 radical (unpaired) electrons. The number of aromatic nitrogens is 2. The van der Waals surface area contributed by atoms with Gasteiger partial charge in [0.25, 0.3) is 15.6 Å². The summed E-state index contributed by atoms with van der Waals surface area (Å²) in [5.41, 5.74) is 1.40. The largest absolute Gasteiger partial charge is 0.493 e. The first kappa shape index (κ1) is 26.4. The van der Waals surface area contributed by atoms with Crippen LogP contribution in [0.15, 0.2) is 64.3 Å². The van der Waals surface area contributed by atoms with E-state index in [0.717, 1.165) is 12.5 Å². The second-order valence-corrected chi connectivity index (χ2v) is 9.37. The molecule has 0 fully saturated rings. The molecule has 12 heteroatoms. The first-order valence-corrected chi connectivity index (χ1v) is 12.3. The van der Waals surface area contributed by atoms with Crippen LogP contribution < -0.4 is 25.1 Å². The van der Waals surface area contributed by atoms with Crippen molar-refractivity contribution >= 4 is 27.5 Å². The third-order valence-corrected chi connectivity index (χ3v) is 6.50. The number of aryl methyl sites for hydroxylation is 1. The summed E-state index contributed by atoms with van der Waals surface area (Å²) in [5, 5.41) is 7.06. The van der Waals surface area contributed by atoms with E-state index in [2.05, 4.69) is 10.4 Å². The summed E-state index contributed by atoms with van der Waals surface area (Å²) in [4.78, 5) is 35.5. The lowest BCUT2D eigenvalue weighted by molar-refractivity contribution is -0.117. The van der Waals surface area contributed by atoms with Gasteiger partial charge in [0, 0.05) is 37.2 Å². The second kappa shape index (κ2) is 11.5. The number of carbonyl (C=O) groups is 2. The van der Waals surface area contributed by atoms with Gasteiger partial charge in [-0.15, -0.1) is 0 Å². The third-order valence-electron chi connectivity index (χ3n) is 5.05. The van der Waals surface area contributed by atoms with Gasteiger partial charge >= 0.3 is 0 Å². The van der Waals surface area contributed by atoms with Crippen LogP contribution in [0.2, 0.25) is 0 Å². The van der Waals surface area contributed by atoms with Gasteiger partial charge in [0.05, 0.1) is 24.8 Å². The number of methoxy groups -OCH3 is 2. The molecule has 1 aromatic heterocycles. The van der Waals surface area contributed by atoms with Crippen molar-refractivity contribution in [3.8, 4) is 22.8 Å². The first-order chi connectivity index (χ1) is 17.1. The number of amides is 2. The van der Waals surface area contributed by atoms with Gasteiger partial charge in [-0.25, -0.2) is 17.8 Å². The zero-order chi connectivity index (χ0) is 26.3. The summed E-state index contributed by atoms with van der Waals surface area (Å²) in [5.74, 6) is 0.100. The Bertz CT molecular complexity index is 1420. The Labute approximate surface area is 208 Å². The predicted octanol–water partition coefficient (Wildman–Crippen LogP) is 2.17. The van der Waals surface area contributed by atoms with E-state index >= 15 is 0 Å². The van der Waals surface area contributed by atoms with Crippen molar-refractivity contribution in [1.29, 1.82) is 0 Å². The number of rotatable bonds is 10. The molecule has 0 saturated carbocycles. The molecule has 2 amide bonds. The quantitative estimate of drug-likeness (QED) is 0.419. The predicted molar refractivity (Wildman–Crippen MR) is 132 cm³/mol. The van der Waals surface area contributed by atoms with Gasteiger partial charge < -0.3 is 14.8 Å². The van der Waals surface area contributed by atoms with Gasteiger partial charge in [-0.1, -0.05) is 0 Å². The van der Waals surface area contributed by atoms with Crippen LogP contribution in [0.5, 0.6) is 11.5 Å². The lowest BCUT2D eigenvalue weighted by Crippen LogP contribution is -2.28. The third kappa shape index (κ3) is 6.69. The zero-order valence-electron chi connectivity index (χ0n) is 20.0. The van der Waals surface area contributed by atoms with Gasteiger partial charge in [0.1, 0.15) is 0 Å². The molecule has 2 aromatic carbocycles. The number of carbonyl (C=O) groups excluding carboxylic acids is 2. The molecule has 11 nitrogen and oxygen atoms in total. The van der Waals surface area contributed by atoms with E-state index in [-0.39, 0.29) is 29.3 Å². The fourth-order valence-electron chi connectivity index (χ4n) is 3.34. The SMILES string of the molecule is COc1ccc(-c2ccc(=O)n(CCCC(=O)Nc3ccc(S(=O)(=O)NC(C)=O)cc3)n2)cc1OC. The maximum Gasteiger partial charge on any atom is 0.266 e. The average molecular weight is 515 g/mol. The number of anilines is 1. The lowest BCUT2D eigenvalue weighted by Gasteiger charge is -2.11. The van der Waals surface area contributed by atoms with Crippen molar-refractivity contribution in [1.82, 2.24) is 14.5 Å². The van der Waals surface area contributed by atoms with Crippen molar-refractivity contribution in [2.24, 2.45) is 0 Å². The number of nitrogens with zero attached hydrogens (tertiary/aromatic N) is 2. The van der Waals surface area contributed by atoms with E-state index in [1.165, 1.54) is 42.1 Å². The number of benzene rings is 2. The molecule has 0 saturated heterocycles. The Balaban J connectivity index is 1.60. The van der Waals surface area contributed by atoms with Gasteiger partial charge in [-0.3, -0.25) is 14.4 Å². The molecule has 0 atom stereocenters.